The lowest BCUT2D eigenvalue weighted by Gasteiger charge is -2.27. The highest BCUT2D eigenvalue weighted by molar-refractivity contribution is 4.65. The first-order valence-corrected chi connectivity index (χ1v) is 6.00. The van der Waals surface area contributed by atoms with Crippen LogP contribution in [-0.4, -0.2) is 24.0 Å². The second-order valence-corrected chi connectivity index (χ2v) is 3.97. The van der Waals surface area contributed by atoms with E-state index >= 15 is 0 Å². The second kappa shape index (κ2) is 8.55. The van der Waals surface area contributed by atoms with Crippen LogP contribution in [0.1, 0.15) is 59.8 Å². The van der Waals surface area contributed by atoms with Gasteiger partial charge in [0.15, 0.2) is 0 Å². The van der Waals surface area contributed by atoms with Crippen molar-refractivity contribution < 1.29 is 0 Å². The molecule has 0 rings (SSSR count). The van der Waals surface area contributed by atoms with Crippen LogP contribution in [0, 0.1) is 0 Å². The monoisotopic (exact) mass is 185 g/mol. The van der Waals surface area contributed by atoms with E-state index in [2.05, 4.69) is 32.6 Å². The Kier molecular flexibility index (Phi) is 8.53. The van der Waals surface area contributed by atoms with Crippen LogP contribution < -0.4 is 0 Å². The molecule has 0 amide bonds. The molecule has 0 spiro atoms. The zero-order chi connectivity index (χ0) is 10.1. The molecule has 0 aromatic rings. The number of hydrogen-bond donors (Lipinski definition) is 0. The quantitative estimate of drug-likeness (QED) is 0.521. The standard InChI is InChI=1S/C12H27N/c1-5-8-9-10-12(4)13(7-3)11-6-2/h12H,5-11H2,1-4H3. The molecule has 0 aliphatic carbocycles. The van der Waals surface area contributed by atoms with Gasteiger partial charge in [0.1, 0.15) is 0 Å². The Hall–Kier alpha value is -0.0400. The Balaban J connectivity index is 3.57. The van der Waals surface area contributed by atoms with Crippen LogP contribution in [0.15, 0.2) is 0 Å². The molecule has 1 heteroatoms. The Morgan fingerprint density at radius 1 is 1.00 bits per heavy atom. The molecule has 1 nitrogen and oxygen atoms in total. The summed E-state index contributed by atoms with van der Waals surface area (Å²) in [5.41, 5.74) is 0. The van der Waals surface area contributed by atoms with Gasteiger partial charge >= 0.3 is 0 Å². The maximum Gasteiger partial charge on any atom is 0.00668 e. The summed E-state index contributed by atoms with van der Waals surface area (Å²) >= 11 is 0. The summed E-state index contributed by atoms with van der Waals surface area (Å²) in [4.78, 5) is 2.59. The van der Waals surface area contributed by atoms with Gasteiger partial charge in [0.05, 0.1) is 0 Å². The maximum absolute atomic E-state index is 2.59. The van der Waals surface area contributed by atoms with Gasteiger partial charge in [0, 0.05) is 6.04 Å². The third kappa shape index (κ3) is 6.09. The predicted octanol–water partition coefficient (Wildman–Crippen LogP) is 3.69. The Bertz CT molecular complexity index is 101. The van der Waals surface area contributed by atoms with Crippen LogP contribution in [0.2, 0.25) is 0 Å². The molecule has 0 N–H and O–H groups in total. The van der Waals surface area contributed by atoms with Gasteiger partial charge in [0.2, 0.25) is 0 Å². The summed E-state index contributed by atoms with van der Waals surface area (Å²) in [7, 11) is 0. The molecule has 0 aromatic heterocycles. The summed E-state index contributed by atoms with van der Waals surface area (Å²) in [6.07, 6.45) is 6.80. The minimum atomic E-state index is 0.788. The number of unbranched alkanes of at least 4 members (excludes halogenated alkanes) is 2. The lowest BCUT2D eigenvalue weighted by atomic mass is 10.1. The molecule has 0 aliphatic rings. The Morgan fingerprint density at radius 3 is 2.15 bits per heavy atom. The van der Waals surface area contributed by atoms with Crippen molar-refractivity contribution in [1.82, 2.24) is 4.90 Å². The van der Waals surface area contributed by atoms with Gasteiger partial charge in [-0.3, -0.25) is 0 Å². The summed E-state index contributed by atoms with van der Waals surface area (Å²) in [5, 5.41) is 0. The van der Waals surface area contributed by atoms with Gasteiger partial charge in [-0.2, -0.15) is 0 Å². The van der Waals surface area contributed by atoms with Crippen LogP contribution in [0.5, 0.6) is 0 Å². The zero-order valence-electron chi connectivity index (χ0n) is 9.97. The summed E-state index contributed by atoms with van der Waals surface area (Å²) in [6, 6.07) is 0.788. The van der Waals surface area contributed by atoms with Crippen molar-refractivity contribution in [2.75, 3.05) is 13.1 Å². The van der Waals surface area contributed by atoms with Crippen molar-refractivity contribution in [2.24, 2.45) is 0 Å². The van der Waals surface area contributed by atoms with E-state index in [0.29, 0.717) is 0 Å². The molecular formula is C12H27N. The lowest BCUT2D eigenvalue weighted by molar-refractivity contribution is 0.207. The van der Waals surface area contributed by atoms with Crippen molar-refractivity contribution >= 4 is 0 Å². The largest absolute Gasteiger partial charge is 0.301 e. The fourth-order valence-electron chi connectivity index (χ4n) is 1.85. The molecule has 0 saturated heterocycles. The summed E-state index contributed by atoms with van der Waals surface area (Å²) < 4.78 is 0. The third-order valence-corrected chi connectivity index (χ3v) is 2.77. The van der Waals surface area contributed by atoms with Gasteiger partial charge in [-0.25, -0.2) is 0 Å². The minimum Gasteiger partial charge on any atom is -0.301 e. The van der Waals surface area contributed by atoms with E-state index in [9.17, 15) is 0 Å². The van der Waals surface area contributed by atoms with E-state index < -0.39 is 0 Å². The van der Waals surface area contributed by atoms with Crippen LogP contribution in [0.3, 0.4) is 0 Å². The van der Waals surface area contributed by atoms with E-state index in [1.165, 1.54) is 45.2 Å². The molecule has 0 saturated carbocycles. The normalized spacial score (nSPS) is 13.6. The van der Waals surface area contributed by atoms with E-state index in [-0.39, 0.29) is 0 Å². The predicted molar refractivity (Wildman–Crippen MR) is 61.1 cm³/mol. The fourth-order valence-corrected chi connectivity index (χ4v) is 1.85. The Morgan fingerprint density at radius 2 is 1.69 bits per heavy atom. The van der Waals surface area contributed by atoms with Gasteiger partial charge in [-0.1, -0.05) is 40.0 Å². The molecule has 0 bridgehead atoms. The zero-order valence-corrected chi connectivity index (χ0v) is 9.97. The van der Waals surface area contributed by atoms with Crippen LogP contribution in [0.4, 0.5) is 0 Å². The molecule has 0 radical (unpaired) electrons. The topological polar surface area (TPSA) is 3.24 Å². The molecular weight excluding hydrogens is 158 g/mol. The van der Waals surface area contributed by atoms with Gasteiger partial charge < -0.3 is 4.90 Å². The molecule has 0 aromatic carbocycles. The molecule has 0 aliphatic heterocycles. The van der Waals surface area contributed by atoms with Crippen LogP contribution in [0.25, 0.3) is 0 Å². The van der Waals surface area contributed by atoms with E-state index in [0.717, 1.165) is 6.04 Å². The molecule has 1 unspecified atom stereocenters. The van der Waals surface area contributed by atoms with E-state index in [4.69, 9.17) is 0 Å². The van der Waals surface area contributed by atoms with Crippen molar-refractivity contribution in [2.45, 2.75) is 65.8 Å². The van der Waals surface area contributed by atoms with Crippen molar-refractivity contribution in [3.63, 3.8) is 0 Å². The molecule has 1 atom stereocenters. The van der Waals surface area contributed by atoms with Gasteiger partial charge in [0.25, 0.3) is 0 Å². The fraction of sp³-hybridized carbons (Fsp3) is 1.00. The van der Waals surface area contributed by atoms with Crippen molar-refractivity contribution in [3.05, 3.63) is 0 Å². The summed E-state index contributed by atoms with van der Waals surface area (Å²) in [6.45, 7) is 11.7. The van der Waals surface area contributed by atoms with Crippen molar-refractivity contribution in [3.8, 4) is 0 Å². The number of hydrogen-bond acceptors (Lipinski definition) is 1. The first-order chi connectivity index (χ1) is 6.26. The van der Waals surface area contributed by atoms with Crippen LogP contribution in [-0.2, 0) is 0 Å². The lowest BCUT2D eigenvalue weighted by Crippen LogP contribution is -2.33. The third-order valence-electron chi connectivity index (χ3n) is 2.77. The number of nitrogens with zero attached hydrogens (tertiary/aromatic N) is 1. The van der Waals surface area contributed by atoms with Crippen molar-refractivity contribution in [1.29, 1.82) is 0 Å². The van der Waals surface area contributed by atoms with Crippen LogP contribution >= 0.6 is 0 Å². The molecule has 80 valence electrons. The average Bonchev–Trinajstić information content (AvgIpc) is 2.14. The molecule has 0 fully saturated rings. The van der Waals surface area contributed by atoms with Gasteiger partial charge in [-0.05, 0) is 32.9 Å². The Labute approximate surface area is 84.5 Å². The summed E-state index contributed by atoms with van der Waals surface area (Å²) in [5.74, 6) is 0. The SMILES string of the molecule is CCCCCC(C)N(CC)CCC. The molecule has 13 heavy (non-hydrogen) atoms. The highest BCUT2D eigenvalue weighted by Gasteiger charge is 2.09. The van der Waals surface area contributed by atoms with E-state index in [1.807, 2.05) is 0 Å². The average molecular weight is 185 g/mol. The smallest absolute Gasteiger partial charge is 0.00668 e. The highest BCUT2D eigenvalue weighted by Crippen LogP contribution is 2.09. The second-order valence-electron chi connectivity index (χ2n) is 3.97. The molecule has 0 heterocycles. The minimum absolute atomic E-state index is 0.788. The van der Waals surface area contributed by atoms with E-state index in [1.54, 1.807) is 0 Å². The first kappa shape index (κ1) is 13.0. The maximum atomic E-state index is 2.59. The highest BCUT2D eigenvalue weighted by atomic mass is 15.1. The number of rotatable bonds is 8. The van der Waals surface area contributed by atoms with Gasteiger partial charge in [-0.15, -0.1) is 0 Å². The first-order valence-electron chi connectivity index (χ1n) is 6.00.